The van der Waals surface area contributed by atoms with Crippen LogP contribution in [0.4, 0.5) is 5.69 Å². The van der Waals surface area contributed by atoms with Gasteiger partial charge in [-0.1, -0.05) is 0 Å². The summed E-state index contributed by atoms with van der Waals surface area (Å²) >= 11 is 0. The van der Waals surface area contributed by atoms with Crippen LogP contribution in [0, 0.1) is 21.4 Å². The third-order valence-corrected chi connectivity index (χ3v) is 5.38. The average Bonchev–Trinajstić information content (AvgIpc) is 2.66. The van der Waals surface area contributed by atoms with Gasteiger partial charge in [-0.05, 0) is 18.2 Å². The maximum Gasteiger partial charge on any atom is 0.310 e. The Morgan fingerprint density at radius 1 is 1.06 bits per heavy atom. The van der Waals surface area contributed by atoms with E-state index in [-0.39, 0.29) is 29.6 Å². The van der Waals surface area contributed by atoms with E-state index >= 15 is 0 Å². The van der Waals surface area contributed by atoms with Crippen LogP contribution >= 0.6 is 0 Å². The van der Waals surface area contributed by atoms with Crippen molar-refractivity contribution in [3.63, 3.8) is 0 Å². The molecule has 1 aliphatic carbocycles. The molecule has 4 aliphatic rings. The molecule has 2 N–H and O–H groups in total. The zero-order chi connectivity index (χ0) is 21.8. The minimum Gasteiger partial charge on any atom is -0.506 e. The van der Waals surface area contributed by atoms with E-state index in [1.165, 1.54) is 18.2 Å². The van der Waals surface area contributed by atoms with Gasteiger partial charge in [-0.15, -0.1) is 0 Å². The molecular weight excluding hydrogens is 412 g/mol. The Hall–Kier alpha value is -3.59. The van der Waals surface area contributed by atoms with Crippen molar-refractivity contribution in [2.45, 2.75) is 43.4 Å². The van der Waals surface area contributed by atoms with Crippen LogP contribution < -0.4 is 9.47 Å². The van der Waals surface area contributed by atoms with Crippen molar-refractivity contribution in [1.82, 2.24) is 0 Å². The fourth-order valence-electron chi connectivity index (χ4n) is 4.21. The summed E-state index contributed by atoms with van der Waals surface area (Å²) in [5, 5.41) is 39.7. The minimum atomic E-state index is -1.21. The molecule has 0 aromatic heterocycles. The summed E-state index contributed by atoms with van der Waals surface area (Å²) in [6, 6.07) is 9.83. The van der Waals surface area contributed by atoms with Crippen LogP contribution in [0.15, 0.2) is 36.4 Å². The summed E-state index contributed by atoms with van der Waals surface area (Å²) in [5.74, 6) is -2.66. The van der Waals surface area contributed by atoms with Crippen LogP contribution in [0.1, 0.15) is 24.8 Å². The zero-order valence-electron chi connectivity index (χ0n) is 15.9. The molecule has 160 valence electrons. The Morgan fingerprint density at radius 2 is 1.68 bits per heavy atom. The van der Waals surface area contributed by atoms with Crippen molar-refractivity contribution in [1.29, 1.82) is 5.26 Å². The van der Waals surface area contributed by atoms with Crippen molar-refractivity contribution in [3.05, 3.63) is 52.1 Å². The highest BCUT2D eigenvalue weighted by Crippen LogP contribution is 2.52. The maximum atomic E-state index is 10.9. The van der Waals surface area contributed by atoms with Gasteiger partial charge in [0.2, 0.25) is 11.6 Å². The lowest BCUT2D eigenvalue weighted by atomic mass is 9.84. The molecule has 1 saturated carbocycles. The number of benzene rings is 2. The quantitative estimate of drug-likeness (QED) is 0.536. The number of nitro benzene ring substituents is 1. The van der Waals surface area contributed by atoms with Crippen LogP contribution in [0.5, 0.6) is 23.0 Å². The normalized spacial score (nSPS) is 30.5. The maximum absolute atomic E-state index is 10.9. The number of nitro groups is 1. The van der Waals surface area contributed by atoms with Crippen LogP contribution in [0.25, 0.3) is 0 Å². The number of nitriles is 1. The van der Waals surface area contributed by atoms with Gasteiger partial charge >= 0.3 is 5.69 Å². The van der Waals surface area contributed by atoms with Gasteiger partial charge in [0.25, 0.3) is 6.48 Å². The topological polar surface area (TPSA) is 154 Å². The monoisotopic (exact) mass is 428 g/mol. The second-order valence-electron chi connectivity index (χ2n) is 7.59. The molecular formula is C20H16N2O9. The van der Waals surface area contributed by atoms with Crippen molar-refractivity contribution >= 4 is 5.69 Å². The fourth-order valence-corrected chi connectivity index (χ4v) is 4.21. The van der Waals surface area contributed by atoms with Gasteiger partial charge in [0, 0.05) is 31.0 Å². The molecule has 6 rings (SSSR count). The predicted molar refractivity (Wildman–Crippen MR) is 99.0 cm³/mol. The van der Waals surface area contributed by atoms with Gasteiger partial charge < -0.3 is 24.4 Å². The van der Waals surface area contributed by atoms with E-state index in [0.717, 1.165) is 12.1 Å². The first-order valence-corrected chi connectivity index (χ1v) is 9.38. The summed E-state index contributed by atoms with van der Waals surface area (Å²) in [4.78, 5) is 10.2. The van der Waals surface area contributed by atoms with E-state index in [1.807, 2.05) is 6.07 Å². The van der Waals surface area contributed by atoms with Gasteiger partial charge in [-0.25, -0.2) is 0 Å². The highest BCUT2D eigenvalue weighted by atomic mass is 16.9. The summed E-state index contributed by atoms with van der Waals surface area (Å²) in [7, 11) is 0. The zero-order valence-corrected chi connectivity index (χ0v) is 15.9. The molecule has 4 bridgehead atoms. The van der Waals surface area contributed by atoms with E-state index in [2.05, 4.69) is 0 Å². The van der Waals surface area contributed by atoms with Crippen molar-refractivity contribution in [2.24, 2.45) is 0 Å². The third-order valence-electron chi connectivity index (χ3n) is 5.38. The smallest absolute Gasteiger partial charge is 0.310 e. The number of aromatic hydroxyl groups is 2. The Kier molecular flexibility index (Phi) is 4.19. The number of nitrogens with zero attached hydrogens (tertiary/aromatic N) is 2. The van der Waals surface area contributed by atoms with Gasteiger partial charge in [0.15, 0.2) is 5.75 Å². The first-order chi connectivity index (χ1) is 14.8. The number of ether oxygens (including phenoxy) is 5. The molecule has 3 saturated heterocycles. The van der Waals surface area contributed by atoms with Gasteiger partial charge in [0.1, 0.15) is 23.3 Å². The molecule has 0 unspecified atom stereocenters. The molecule has 0 spiro atoms. The summed E-state index contributed by atoms with van der Waals surface area (Å²) in [6.45, 7) is -1.06. The molecule has 3 heterocycles. The third kappa shape index (κ3) is 3.36. The lowest BCUT2D eigenvalue weighted by molar-refractivity contribution is -0.528. The van der Waals surface area contributed by atoms with Crippen molar-refractivity contribution in [2.75, 3.05) is 0 Å². The Balaban J connectivity index is 1.41. The fraction of sp³-hybridized carbons (Fsp3) is 0.350. The van der Waals surface area contributed by atoms with Crippen molar-refractivity contribution < 1.29 is 38.8 Å². The molecule has 11 nitrogen and oxygen atoms in total. The summed E-state index contributed by atoms with van der Waals surface area (Å²) in [5.41, 5.74) is -0.325. The number of rotatable bonds is 5. The number of phenols is 2. The standard InChI is InChI=1S/C20H16N2O9/c21-9-11-1-2-12(5-16(11)23)28-19-7-14-8-20(10-19,31-18(27-14)30-19)29-13-3-4-15(22(25)26)17(24)6-13/h1-6,14,18,23-24H,7-8,10H2/t14-,18-,19+,20-/m0/s1. The minimum absolute atomic E-state index is 0.114. The first kappa shape index (κ1) is 19.4. The van der Waals surface area contributed by atoms with E-state index in [0.29, 0.717) is 18.6 Å². The summed E-state index contributed by atoms with van der Waals surface area (Å²) in [6.07, 6.45) is 0.563. The molecule has 4 atom stereocenters. The second kappa shape index (κ2) is 6.71. The molecule has 11 heteroatoms. The van der Waals surface area contributed by atoms with Crippen LogP contribution in [-0.4, -0.2) is 39.3 Å². The predicted octanol–water partition coefficient (Wildman–Crippen LogP) is 2.64. The molecule has 4 fully saturated rings. The van der Waals surface area contributed by atoms with Gasteiger partial charge in [-0.2, -0.15) is 5.26 Å². The Bertz CT molecular complexity index is 1100. The van der Waals surface area contributed by atoms with Crippen molar-refractivity contribution in [3.8, 4) is 29.1 Å². The molecule has 2 aromatic rings. The molecule has 2 aromatic carbocycles. The van der Waals surface area contributed by atoms with E-state index in [4.69, 9.17) is 28.9 Å². The van der Waals surface area contributed by atoms with Crippen LogP contribution in [0.2, 0.25) is 0 Å². The molecule has 0 amide bonds. The molecule has 0 radical (unpaired) electrons. The van der Waals surface area contributed by atoms with Crippen LogP contribution in [0.3, 0.4) is 0 Å². The summed E-state index contributed by atoms with van der Waals surface area (Å²) < 4.78 is 29.3. The molecule has 31 heavy (non-hydrogen) atoms. The Labute approximate surface area is 175 Å². The largest absolute Gasteiger partial charge is 0.506 e. The van der Waals surface area contributed by atoms with E-state index in [1.54, 1.807) is 6.07 Å². The lowest BCUT2D eigenvalue weighted by Gasteiger charge is -2.58. The van der Waals surface area contributed by atoms with Gasteiger partial charge in [0.05, 0.1) is 23.0 Å². The first-order valence-electron chi connectivity index (χ1n) is 9.38. The number of phenolic OH excluding ortho intramolecular Hbond substituents is 2. The second-order valence-corrected chi connectivity index (χ2v) is 7.59. The SMILES string of the molecule is N#Cc1ccc(O[C@@]23C[C@H]4C[C@@](Oc5ccc([N+](=O)[O-])c(O)c5)(C2)O[C@@H](O4)O3)cc1O. The lowest BCUT2D eigenvalue weighted by Crippen LogP contribution is -2.70. The van der Waals surface area contributed by atoms with E-state index in [9.17, 15) is 20.3 Å². The Morgan fingerprint density at radius 3 is 2.19 bits per heavy atom. The van der Waals surface area contributed by atoms with Gasteiger partial charge in [-0.3, -0.25) is 19.6 Å². The highest BCUT2D eigenvalue weighted by molar-refractivity contribution is 5.49. The molecule has 3 aliphatic heterocycles. The average molecular weight is 428 g/mol. The van der Waals surface area contributed by atoms with Crippen LogP contribution in [-0.2, 0) is 14.2 Å². The number of hydrogen-bond donors (Lipinski definition) is 2. The van der Waals surface area contributed by atoms with E-state index < -0.39 is 34.4 Å². The number of hydrogen-bond acceptors (Lipinski definition) is 10. The highest BCUT2D eigenvalue weighted by Gasteiger charge is 2.64.